The number of halogens is 1. The van der Waals surface area contributed by atoms with Gasteiger partial charge in [-0.2, -0.15) is 0 Å². The van der Waals surface area contributed by atoms with Gasteiger partial charge in [-0.25, -0.2) is 4.98 Å². The summed E-state index contributed by atoms with van der Waals surface area (Å²) in [6, 6.07) is 12.1. The van der Waals surface area contributed by atoms with Crippen molar-refractivity contribution in [1.29, 1.82) is 0 Å². The van der Waals surface area contributed by atoms with E-state index in [9.17, 15) is 0 Å². The smallest absolute Gasteiger partial charge is 0.115 e. The molecular weight excluding hydrogens is 296 g/mol. The second kappa shape index (κ2) is 5.67. The molecule has 1 aromatic heterocycles. The molecule has 0 bridgehead atoms. The van der Waals surface area contributed by atoms with Gasteiger partial charge in [-0.1, -0.05) is 30.0 Å². The first kappa shape index (κ1) is 12.6. The van der Waals surface area contributed by atoms with Gasteiger partial charge in [-0.3, -0.25) is 0 Å². The van der Waals surface area contributed by atoms with E-state index in [1.807, 2.05) is 31.2 Å². The Labute approximate surface area is 114 Å². The van der Waals surface area contributed by atoms with Crippen molar-refractivity contribution in [3.63, 3.8) is 0 Å². The number of benzene rings is 1. The Kier molecular flexibility index (Phi) is 4.20. The van der Waals surface area contributed by atoms with E-state index in [0.29, 0.717) is 0 Å². The van der Waals surface area contributed by atoms with Gasteiger partial charge >= 0.3 is 0 Å². The molecule has 0 aliphatic carbocycles. The van der Waals surface area contributed by atoms with Gasteiger partial charge in [0, 0.05) is 17.1 Å². The lowest BCUT2D eigenvalue weighted by Crippen LogP contribution is -2.06. The van der Waals surface area contributed by atoms with Gasteiger partial charge in [0.05, 0.1) is 4.47 Å². The van der Waals surface area contributed by atoms with Crippen LogP contribution in [0.2, 0.25) is 0 Å². The van der Waals surface area contributed by atoms with Crippen LogP contribution in [0.25, 0.3) is 0 Å². The molecule has 1 atom stereocenters. The van der Waals surface area contributed by atoms with Crippen molar-refractivity contribution in [3.8, 4) is 0 Å². The Balaban J connectivity index is 2.34. The molecule has 0 radical (unpaired) electrons. The molecule has 0 spiro atoms. The summed E-state index contributed by atoms with van der Waals surface area (Å²) in [5, 5.41) is 0.959. The lowest BCUT2D eigenvalue weighted by atomic mass is 10.1. The van der Waals surface area contributed by atoms with Crippen LogP contribution in [0, 0.1) is 0 Å². The van der Waals surface area contributed by atoms with Crippen molar-refractivity contribution in [2.75, 3.05) is 0 Å². The van der Waals surface area contributed by atoms with E-state index in [1.165, 1.54) is 0 Å². The zero-order chi connectivity index (χ0) is 12.3. The third-order valence-corrected chi connectivity index (χ3v) is 4.35. The molecule has 1 aromatic carbocycles. The Bertz CT molecular complexity index is 514. The molecule has 2 nitrogen and oxygen atoms in total. The van der Waals surface area contributed by atoms with Crippen LogP contribution in [0.3, 0.4) is 0 Å². The molecule has 17 heavy (non-hydrogen) atoms. The highest BCUT2D eigenvalue weighted by Gasteiger charge is 2.09. The Morgan fingerprint density at radius 2 is 2.00 bits per heavy atom. The minimum atomic E-state index is 0.0289. The van der Waals surface area contributed by atoms with Crippen LogP contribution >= 0.6 is 27.7 Å². The maximum atomic E-state index is 5.96. The predicted molar refractivity (Wildman–Crippen MR) is 75.1 cm³/mol. The van der Waals surface area contributed by atoms with E-state index >= 15 is 0 Å². The minimum Gasteiger partial charge on any atom is -0.324 e. The summed E-state index contributed by atoms with van der Waals surface area (Å²) in [6.45, 7) is 1.99. The van der Waals surface area contributed by atoms with Crippen LogP contribution in [0.5, 0.6) is 0 Å². The van der Waals surface area contributed by atoms with E-state index in [4.69, 9.17) is 5.73 Å². The number of aromatic nitrogens is 1. The molecule has 0 aliphatic rings. The standard InChI is InChI=1S/C13H13BrN2S/c1-9(15)10-5-2-3-7-12(10)17-13-11(14)6-4-8-16-13/h2-9H,15H2,1H3/t9-/m0/s1. The van der Waals surface area contributed by atoms with Crippen molar-refractivity contribution in [2.45, 2.75) is 22.9 Å². The van der Waals surface area contributed by atoms with Crippen molar-refractivity contribution in [3.05, 3.63) is 52.6 Å². The predicted octanol–water partition coefficient (Wildman–Crippen LogP) is 4.02. The molecule has 0 fully saturated rings. The second-order valence-electron chi connectivity index (χ2n) is 3.72. The highest BCUT2D eigenvalue weighted by molar-refractivity contribution is 9.10. The third kappa shape index (κ3) is 3.09. The van der Waals surface area contributed by atoms with Crippen molar-refractivity contribution < 1.29 is 0 Å². The van der Waals surface area contributed by atoms with E-state index in [1.54, 1.807) is 18.0 Å². The minimum absolute atomic E-state index is 0.0289. The number of hydrogen-bond donors (Lipinski definition) is 1. The van der Waals surface area contributed by atoms with Crippen LogP contribution in [0.4, 0.5) is 0 Å². The normalized spacial score (nSPS) is 12.4. The SMILES string of the molecule is C[C@H](N)c1ccccc1Sc1ncccc1Br. The molecule has 0 amide bonds. The molecule has 2 rings (SSSR count). The lowest BCUT2D eigenvalue weighted by Gasteiger charge is -2.12. The van der Waals surface area contributed by atoms with Gasteiger partial charge < -0.3 is 5.73 Å². The Hall–Kier alpha value is -0.840. The van der Waals surface area contributed by atoms with Crippen LogP contribution in [0.1, 0.15) is 18.5 Å². The molecule has 2 N–H and O–H groups in total. The van der Waals surface area contributed by atoms with Crippen LogP contribution in [0.15, 0.2) is 57.0 Å². The topological polar surface area (TPSA) is 38.9 Å². The van der Waals surface area contributed by atoms with Crippen LogP contribution in [-0.4, -0.2) is 4.98 Å². The fraction of sp³-hybridized carbons (Fsp3) is 0.154. The van der Waals surface area contributed by atoms with E-state index in [2.05, 4.69) is 33.0 Å². The van der Waals surface area contributed by atoms with Crippen LogP contribution < -0.4 is 5.73 Å². The highest BCUT2D eigenvalue weighted by Crippen LogP contribution is 2.34. The van der Waals surface area contributed by atoms with Crippen molar-refractivity contribution >= 4 is 27.7 Å². The van der Waals surface area contributed by atoms with Gasteiger partial charge in [-0.15, -0.1) is 0 Å². The Morgan fingerprint density at radius 1 is 1.24 bits per heavy atom. The summed E-state index contributed by atoms with van der Waals surface area (Å²) < 4.78 is 1.00. The monoisotopic (exact) mass is 308 g/mol. The molecule has 1 heterocycles. The summed E-state index contributed by atoms with van der Waals surface area (Å²) in [5.74, 6) is 0. The number of pyridine rings is 1. The first-order chi connectivity index (χ1) is 8.18. The average molecular weight is 309 g/mol. The maximum absolute atomic E-state index is 5.96. The number of hydrogen-bond acceptors (Lipinski definition) is 3. The highest BCUT2D eigenvalue weighted by atomic mass is 79.9. The number of nitrogens with zero attached hydrogens (tertiary/aromatic N) is 1. The average Bonchev–Trinajstić information content (AvgIpc) is 2.32. The van der Waals surface area contributed by atoms with Crippen LogP contribution in [-0.2, 0) is 0 Å². The zero-order valence-electron chi connectivity index (χ0n) is 9.43. The summed E-state index contributed by atoms with van der Waals surface area (Å²) in [4.78, 5) is 5.50. The fourth-order valence-corrected chi connectivity index (χ4v) is 3.00. The first-order valence-electron chi connectivity index (χ1n) is 5.31. The van der Waals surface area contributed by atoms with E-state index in [0.717, 1.165) is 20.0 Å². The van der Waals surface area contributed by atoms with Crippen molar-refractivity contribution in [2.24, 2.45) is 5.73 Å². The van der Waals surface area contributed by atoms with Gasteiger partial charge in [0.2, 0.25) is 0 Å². The molecule has 0 saturated carbocycles. The lowest BCUT2D eigenvalue weighted by molar-refractivity contribution is 0.797. The molecular formula is C13H13BrN2S. The molecule has 4 heteroatoms. The van der Waals surface area contributed by atoms with Crippen molar-refractivity contribution in [1.82, 2.24) is 4.98 Å². The van der Waals surface area contributed by atoms with E-state index < -0.39 is 0 Å². The van der Waals surface area contributed by atoms with Gasteiger partial charge in [0.25, 0.3) is 0 Å². The summed E-state index contributed by atoms with van der Waals surface area (Å²) in [6.07, 6.45) is 1.79. The molecule has 0 unspecified atom stereocenters. The van der Waals surface area contributed by atoms with E-state index in [-0.39, 0.29) is 6.04 Å². The first-order valence-corrected chi connectivity index (χ1v) is 6.92. The van der Waals surface area contributed by atoms with Gasteiger partial charge in [-0.05, 0) is 46.6 Å². The fourth-order valence-electron chi connectivity index (χ4n) is 1.50. The molecule has 0 saturated heterocycles. The molecule has 2 aromatic rings. The van der Waals surface area contributed by atoms with Gasteiger partial charge in [0.15, 0.2) is 0 Å². The molecule has 0 aliphatic heterocycles. The molecule has 88 valence electrons. The Morgan fingerprint density at radius 3 is 2.71 bits per heavy atom. The number of nitrogens with two attached hydrogens (primary N) is 1. The third-order valence-electron chi connectivity index (χ3n) is 2.34. The number of rotatable bonds is 3. The zero-order valence-corrected chi connectivity index (χ0v) is 11.8. The quantitative estimate of drug-likeness (QED) is 0.931. The summed E-state index contributed by atoms with van der Waals surface area (Å²) in [5.41, 5.74) is 7.11. The van der Waals surface area contributed by atoms with Gasteiger partial charge in [0.1, 0.15) is 5.03 Å². The maximum Gasteiger partial charge on any atom is 0.115 e. The summed E-state index contributed by atoms with van der Waals surface area (Å²) in [7, 11) is 0. The summed E-state index contributed by atoms with van der Waals surface area (Å²) >= 11 is 5.13. The second-order valence-corrected chi connectivity index (χ2v) is 5.60. The largest absolute Gasteiger partial charge is 0.324 e.